The first-order valence-corrected chi connectivity index (χ1v) is 4.84. The molecule has 0 aromatic carbocycles. The molecule has 0 aromatic rings. The quantitative estimate of drug-likeness (QED) is 0.646. The Morgan fingerprint density at radius 3 is 2.33 bits per heavy atom. The highest BCUT2D eigenvalue weighted by molar-refractivity contribution is 5.72. The molecule has 0 aromatic heterocycles. The molecule has 90 valence electrons. The van der Waals surface area contributed by atoms with Crippen LogP contribution >= 0.6 is 0 Å². The Balaban J connectivity index is 3.67. The number of aliphatic carboxylic acids is 1. The summed E-state index contributed by atoms with van der Waals surface area (Å²) in [7, 11) is 1.44. The summed E-state index contributed by atoms with van der Waals surface area (Å²) in [5.74, 6) is -1.02. The summed E-state index contributed by atoms with van der Waals surface area (Å²) in [6, 6.07) is 0. The Hall–Kier alpha value is -0.650. The van der Waals surface area contributed by atoms with E-state index >= 15 is 0 Å². The number of carbonyl (C=O) groups is 1. The molecule has 5 heteroatoms. The second-order valence-corrected chi connectivity index (χ2v) is 4.11. The molecular formula is C10H20O5. The lowest BCUT2D eigenvalue weighted by Crippen LogP contribution is -2.31. The van der Waals surface area contributed by atoms with Crippen LogP contribution in [0.5, 0.6) is 0 Å². The fourth-order valence-corrected chi connectivity index (χ4v) is 0.880. The summed E-state index contributed by atoms with van der Waals surface area (Å²) in [5, 5.41) is 8.72. The highest BCUT2D eigenvalue weighted by atomic mass is 16.6. The van der Waals surface area contributed by atoms with Gasteiger partial charge in [0.05, 0.1) is 25.4 Å². The van der Waals surface area contributed by atoms with Gasteiger partial charge in [-0.15, -0.1) is 0 Å². The van der Waals surface area contributed by atoms with E-state index in [4.69, 9.17) is 19.3 Å². The van der Waals surface area contributed by atoms with Crippen molar-refractivity contribution in [2.24, 2.45) is 0 Å². The van der Waals surface area contributed by atoms with Gasteiger partial charge < -0.3 is 19.3 Å². The van der Waals surface area contributed by atoms with Gasteiger partial charge in [-0.25, -0.2) is 4.79 Å². The normalized spacial score (nSPS) is 13.9. The third kappa shape index (κ3) is 8.35. The van der Waals surface area contributed by atoms with Crippen molar-refractivity contribution in [1.29, 1.82) is 0 Å². The molecule has 1 unspecified atom stereocenters. The monoisotopic (exact) mass is 220 g/mol. The molecule has 0 aliphatic rings. The average molecular weight is 220 g/mol. The standard InChI is InChI=1S/C10H20O5/c1-10(2,3)15-6-5-14-8(7-13-4)9(11)12/h8H,5-7H2,1-4H3,(H,11,12). The van der Waals surface area contributed by atoms with Gasteiger partial charge in [0, 0.05) is 7.11 Å². The van der Waals surface area contributed by atoms with Gasteiger partial charge >= 0.3 is 5.97 Å². The summed E-state index contributed by atoms with van der Waals surface area (Å²) in [4.78, 5) is 10.6. The van der Waals surface area contributed by atoms with Crippen LogP contribution in [0.1, 0.15) is 20.8 Å². The maximum absolute atomic E-state index is 10.6. The molecular weight excluding hydrogens is 200 g/mol. The van der Waals surface area contributed by atoms with Crippen LogP contribution in [0.4, 0.5) is 0 Å². The van der Waals surface area contributed by atoms with Crippen molar-refractivity contribution in [2.75, 3.05) is 26.9 Å². The van der Waals surface area contributed by atoms with Crippen LogP contribution in [0.3, 0.4) is 0 Å². The molecule has 0 aliphatic carbocycles. The first kappa shape index (κ1) is 14.3. The lowest BCUT2D eigenvalue weighted by molar-refractivity contribution is -0.156. The highest BCUT2D eigenvalue weighted by Gasteiger charge is 2.18. The van der Waals surface area contributed by atoms with E-state index in [0.29, 0.717) is 6.61 Å². The Bertz CT molecular complexity index is 185. The molecule has 0 rings (SSSR count). The molecule has 0 bridgehead atoms. The SMILES string of the molecule is COCC(OCCOC(C)(C)C)C(=O)O. The van der Waals surface area contributed by atoms with Crippen molar-refractivity contribution in [3.05, 3.63) is 0 Å². The number of rotatable bonds is 7. The van der Waals surface area contributed by atoms with Gasteiger partial charge in [-0.2, -0.15) is 0 Å². The minimum atomic E-state index is -1.02. The van der Waals surface area contributed by atoms with E-state index in [1.54, 1.807) is 0 Å². The Kier molecular flexibility index (Phi) is 6.47. The van der Waals surface area contributed by atoms with Crippen LogP contribution in [0.25, 0.3) is 0 Å². The van der Waals surface area contributed by atoms with E-state index in [2.05, 4.69) is 0 Å². The van der Waals surface area contributed by atoms with E-state index < -0.39 is 12.1 Å². The van der Waals surface area contributed by atoms with Crippen LogP contribution in [0.15, 0.2) is 0 Å². The van der Waals surface area contributed by atoms with Crippen LogP contribution in [0.2, 0.25) is 0 Å². The summed E-state index contributed by atoms with van der Waals surface area (Å²) in [6.07, 6.45) is -0.918. The van der Waals surface area contributed by atoms with Gasteiger partial charge in [0.15, 0.2) is 6.10 Å². The van der Waals surface area contributed by atoms with E-state index in [-0.39, 0.29) is 18.8 Å². The van der Waals surface area contributed by atoms with Gasteiger partial charge in [0.1, 0.15) is 0 Å². The van der Waals surface area contributed by atoms with Crippen molar-refractivity contribution >= 4 is 5.97 Å². The van der Waals surface area contributed by atoms with Crippen molar-refractivity contribution in [3.8, 4) is 0 Å². The number of ether oxygens (including phenoxy) is 3. The summed E-state index contributed by atoms with van der Waals surface area (Å²) in [6.45, 7) is 6.45. The van der Waals surface area contributed by atoms with Crippen molar-refractivity contribution < 1.29 is 24.1 Å². The number of carboxylic acid groups (broad SMARTS) is 1. The molecule has 0 amide bonds. The van der Waals surface area contributed by atoms with Crippen molar-refractivity contribution in [2.45, 2.75) is 32.5 Å². The van der Waals surface area contributed by atoms with Crippen molar-refractivity contribution in [3.63, 3.8) is 0 Å². The van der Waals surface area contributed by atoms with Gasteiger partial charge in [-0.3, -0.25) is 0 Å². The molecule has 0 radical (unpaired) electrons. The fourth-order valence-electron chi connectivity index (χ4n) is 0.880. The van der Waals surface area contributed by atoms with Gasteiger partial charge in [-0.1, -0.05) is 0 Å². The Morgan fingerprint density at radius 2 is 1.93 bits per heavy atom. The molecule has 0 fully saturated rings. The topological polar surface area (TPSA) is 65.0 Å². The first-order chi connectivity index (χ1) is 6.87. The van der Waals surface area contributed by atoms with Gasteiger partial charge in [-0.05, 0) is 20.8 Å². The number of hydrogen-bond donors (Lipinski definition) is 1. The Morgan fingerprint density at radius 1 is 1.33 bits per heavy atom. The average Bonchev–Trinajstić information content (AvgIpc) is 2.08. The smallest absolute Gasteiger partial charge is 0.335 e. The van der Waals surface area contributed by atoms with E-state index in [1.807, 2.05) is 20.8 Å². The van der Waals surface area contributed by atoms with E-state index in [0.717, 1.165) is 0 Å². The zero-order valence-electron chi connectivity index (χ0n) is 9.78. The molecule has 15 heavy (non-hydrogen) atoms. The molecule has 0 aliphatic heterocycles. The zero-order chi connectivity index (χ0) is 11.9. The molecule has 1 N–H and O–H groups in total. The predicted molar refractivity (Wildman–Crippen MR) is 55.0 cm³/mol. The van der Waals surface area contributed by atoms with Gasteiger partial charge in [0.2, 0.25) is 0 Å². The van der Waals surface area contributed by atoms with Gasteiger partial charge in [0.25, 0.3) is 0 Å². The zero-order valence-corrected chi connectivity index (χ0v) is 9.78. The highest BCUT2D eigenvalue weighted by Crippen LogP contribution is 2.06. The lowest BCUT2D eigenvalue weighted by Gasteiger charge is -2.20. The summed E-state index contributed by atoms with van der Waals surface area (Å²) >= 11 is 0. The second-order valence-electron chi connectivity index (χ2n) is 4.11. The third-order valence-corrected chi connectivity index (χ3v) is 1.53. The second kappa shape index (κ2) is 6.76. The maximum Gasteiger partial charge on any atom is 0.335 e. The largest absolute Gasteiger partial charge is 0.479 e. The Labute approximate surface area is 90.3 Å². The molecule has 0 saturated carbocycles. The van der Waals surface area contributed by atoms with Crippen LogP contribution in [-0.2, 0) is 19.0 Å². The van der Waals surface area contributed by atoms with E-state index in [1.165, 1.54) is 7.11 Å². The molecule has 0 spiro atoms. The molecule has 1 atom stereocenters. The fraction of sp³-hybridized carbons (Fsp3) is 0.900. The number of methoxy groups -OCH3 is 1. The van der Waals surface area contributed by atoms with E-state index in [9.17, 15) is 4.79 Å². The molecule has 0 heterocycles. The lowest BCUT2D eigenvalue weighted by atomic mass is 10.2. The minimum absolute atomic E-state index is 0.0465. The van der Waals surface area contributed by atoms with Crippen LogP contribution in [0, 0.1) is 0 Å². The molecule has 0 saturated heterocycles. The molecule has 5 nitrogen and oxygen atoms in total. The van der Waals surface area contributed by atoms with Crippen LogP contribution in [-0.4, -0.2) is 49.7 Å². The van der Waals surface area contributed by atoms with Crippen LogP contribution < -0.4 is 0 Å². The number of carboxylic acids is 1. The minimum Gasteiger partial charge on any atom is -0.479 e. The number of hydrogen-bond acceptors (Lipinski definition) is 4. The first-order valence-electron chi connectivity index (χ1n) is 4.84. The third-order valence-electron chi connectivity index (χ3n) is 1.53. The predicted octanol–water partition coefficient (Wildman–Crippen LogP) is 0.918. The summed E-state index contributed by atoms with van der Waals surface area (Å²) < 4.78 is 15.2. The maximum atomic E-state index is 10.6. The van der Waals surface area contributed by atoms with Crippen molar-refractivity contribution in [1.82, 2.24) is 0 Å². The summed E-state index contributed by atoms with van der Waals surface area (Å²) in [5.41, 5.74) is -0.233.